The van der Waals surface area contributed by atoms with Gasteiger partial charge in [-0.1, -0.05) is 0 Å². The van der Waals surface area contributed by atoms with E-state index in [0.717, 1.165) is 10.6 Å². The van der Waals surface area contributed by atoms with E-state index in [1.54, 1.807) is 16.7 Å². The fourth-order valence-electron chi connectivity index (χ4n) is 1.83. The van der Waals surface area contributed by atoms with Crippen LogP contribution in [0.1, 0.15) is 16.1 Å². The van der Waals surface area contributed by atoms with E-state index in [-0.39, 0.29) is 29.0 Å². The number of thiazole rings is 1. The summed E-state index contributed by atoms with van der Waals surface area (Å²) in [5.41, 5.74) is 1.66. The molecule has 3 aromatic rings. The molecule has 0 aliphatic rings. The molecule has 4 nitrogen and oxygen atoms in total. The van der Waals surface area contributed by atoms with Crippen LogP contribution in [-0.4, -0.2) is 21.7 Å². The van der Waals surface area contributed by atoms with Gasteiger partial charge in [0.05, 0.1) is 11.3 Å². The molecule has 0 aliphatic heterocycles. The molecule has 0 saturated carbocycles. The zero-order chi connectivity index (χ0) is 16.9. The number of aromatic nitrogens is 2. The van der Waals surface area contributed by atoms with Gasteiger partial charge in [0.1, 0.15) is 16.6 Å². The van der Waals surface area contributed by atoms with Gasteiger partial charge in [0, 0.05) is 22.5 Å². The smallest absolute Gasteiger partial charge is 0.341 e. The van der Waals surface area contributed by atoms with Crippen molar-refractivity contribution in [2.75, 3.05) is 0 Å². The minimum atomic E-state index is -2.65. The van der Waals surface area contributed by atoms with Gasteiger partial charge < -0.3 is 4.74 Å². The standard InChI is InChI=1S/C15H10F2N2O2S3/c16-15(17)24-13-11(2-1-4-18-13)14(20)21-6-10-8-23-12(19-10)9-3-5-22-7-9/h1-5,7-8,15H,6H2. The fourth-order valence-corrected chi connectivity index (χ4v) is 3.92. The molecule has 0 atom stereocenters. The lowest BCUT2D eigenvalue weighted by molar-refractivity contribution is 0.0463. The van der Waals surface area contributed by atoms with E-state index in [2.05, 4.69) is 9.97 Å². The van der Waals surface area contributed by atoms with Crippen LogP contribution < -0.4 is 0 Å². The largest absolute Gasteiger partial charge is 0.455 e. The second kappa shape index (κ2) is 7.82. The number of thioether (sulfide) groups is 1. The van der Waals surface area contributed by atoms with Gasteiger partial charge in [-0.3, -0.25) is 0 Å². The highest BCUT2D eigenvalue weighted by molar-refractivity contribution is 7.99. The Kier molecular flexibility index (Phi) is 5.54. The van der Waals surface area contributed by atoms with Crippen molar-refractivity contribution in [3.8, 4) is 10.6 Å². The summed E-state index contributed by atoms with van der Waals surface area (Å²) in [5, 5.41) is 6.55. The Morgan fingerprint density at radius 2 is 2.21 bits per heavy atom. The summed E-state index contributed by atoms with van der Waals surface area (Å²) < 4.78 is 30.2. The van der Waals surface area contributed by atoms with E-state index in [1.807, 2.05) is 16.8 Å². The van der Waals surface area contributed by atoms with Crippen LogP contribution in [0.25, 0.3) is 10.6 Å². The number of alkyl halides is 2. The van der Waals surface area contributed by atoms with Gasteiger partial charge in [-0.15, -0.1) is 11.3 Å². The van der Waals surface area contributed by atoms with Crippen LogP contribution in [0.15, 0.2) is 45.6 Å². The maximum Gasteiger partial charge on any atom is 0.341 e. The van der Waals surface area contributed by atoms with E-state index in [1.165, 1.54) is 29.7 Å². The summed E-state index contributed by atoms with van der Waals surface area (Å²) in [6.07, 6.45) is 1.36. The first-order chi connectivity index (χ1) is 11.6. The van der Waals surface area contributed by atoms with E-state index in [0.29, 0.717) is 5.69 Å². The number of carbonyl (C=O) groups excluding carboxylic acids is 1. The third kappa shape index (κ3) is 4.16. The molecule has 3 aromatic heterocycles. The van der Waals surface area contributed by atoms with Crippen LogP contribution in [0.5, 0.6) is 0 Å². The predicted octanol–water partition coefficient (Wildman–Crippen LogP) is 4.94. The van der Waals surface area contributed by atoms with Crippen molar-refractivity contribution in [1.82, 2.24) is 9.97 Å². The molecule has 0 bridgehead atoms. The molecule has 0 fully saturated rings. The monoisotopic (exact) mass is 384 g/mol. The molecule has 0 N–H and O–H groups in total. The van der Waals surface area contributed by atoms with Gasteiger partial charge in [0.15, 0.2) is 0 Å². The number of halogens is 2. The van der Waals surface area contributed by atoms with Gasteiger partial charge in [0.25, 0.3) is 5.76 Å². The SMILES string of the molecule is O=C(OCc1csc(-c2ccsc2)n1)c1cccnc1SC(F)F. The Hall–Kier alpha value is -1.84. The van der Waals surface area contributed by atoms with Crippen molar-refractivity contribution in [1.29, 1.82) is 0 Å². The number of hydrogen-bond acceptors (Lipinski definition) is 7. The number of rotatable bonds is 6. The highest BCUT2D eigenvalue weighted by Crippen LogP contribution is 2.28. The Balaban J connectivity index is 1.66. The van der Waals surface area contributed by atoms with Crippen LogP contribution in [0, 0.1) is 0 Å². The molecule has 0 saturated heterocycles. The van der Waals surface area contributed by atoms with E-state index < -0.39 is 11.7 Å². The normalized spacial score (nSPS) is 11.0. The molecule has 0 aromatic carbocycles. The van der Waals surface area contributed by atoms with E-state index in [9.17, 15) is 13.6 Å². The molecular weight excluding hydrogens is 374 g/mol. The van der Waals surface area contributed by atoms with Crippen molar-refractivity contribution in [2.24, 2.45) is 0 Å². The van der Waals surface area contributed by atoms with Crippen molar-refractivity contribution >= 4 is 40.4 Å². The topological polar surface area (TPSA) is 52.1 Å². The van der Waals surface area contributed by atoms with E-state index in [4.69, 9.17) is 4.74 Å². The minimum Gasteiger partial charge on any atom is -0.455 e. The van der Waals surface area contributed by atoms with Crippen LogP contribution in [0.2, 0.25) is 0 Å². The number of pyridine rings is 1. The van der Waals surface area contributed by atoms with Crippen LogP contribution >= 0.6 is 34.4 Å². The van der Waals surface area contributed by atoms with Gasteiger partial charge >= 0.3 is 5.97 Å². The molecule has 3 rings (SSSR count). The lowest BCUT2D eigenvalue weighted by Crippen LogP contribution is -2.08. The second-order valence-corrected chi connectivity index (χ2v) is 7.08. The third-order valence-corrected chi connectivity index (χ3v) is 5.21. The molecule has 24 heavy (non-hydrogen) atoms. The molecular formula is C15H10F2N2O2S3. The number of hydrogen-bond donors (Lipinski definition) is 0. The first-order valence-corrected chi connectivity index (χ1v) is 9.37. The Morgan fingerprint density at radius 1 is 1.33 bits per heavy atom. The van der Waals surface area contributed by atoms with Crippen molar-refractivity contribution in [2.45, 2.75) is 17.4 Å². The van der Waals surface area contributed by atoms with Gasteiger partial charge in [-0.05, 0) is 35.3 Å². The molecule has 0 unspecified atom stereocenters. The fraction of sp³-hybridized carbons (Fsp3) is 0.133. The lowest BCUT2D eigenvalue weighted by Gasteiger charge is -2.07. The summed E-state index contributed by atoms with van der Waals surface area (Å²) in [6, 6.07) is 4.88. The van der Waals surface area contributed by atoms with Crippen molar-refractivity contribution < 1.29 is 18.3 Å². The van der Waals surface area contributed by atoms with Crippen molar-refractivity contribution in [3.63, 3.8) is 0 Å². The molecule has 3 heterocycles. The summed E-state index contributed by atoms with van der Waals surface area (Å²) in [6.45, 7) is -0.0207. The Bertz CT molecular complexity index is 822. The maximum absolute atomic E-state index is 12.5. The van der Waals surface area contributed by atoms with Crippen molar-refractivity contribution in [3.05, 3.63) is 51.8 Å². The Morgan fingerprint density at radius 3 is 2.96 bits per heavy atom. The molecule has 0 aliphatic carbocycles. The first kappa shape index (κ1) is 17.0. The third-order valence-electron chi connectivity index (χ3n) is 2.86. The average Bonchev–Trinajstić information content (AvgIpc) is 3.24. The number of thiophene rings is 1. The van der Waals surface area contributed by atoms with Crippen LogP contribution in [0.4, 0.5) is 8.78 Å². The zero-order valence-corrected chi connectivity index (χ0v) is 14.5. The summed E-state index contributed by atoms with van der Waals surface area (Å²) >= 11 is 3.25. The maximum atomic E-state index is 12.5. The second-order valence-electron chi connectivity index (χ2n) is 4.47. The van der Waals surface area contributed by atoms with Gasteiger partial charge in [-0.2, -0.15) is 20.1 Å². The number of nitrogens with zero attached hydrogens (tertiary/aromatic N) is 2. The van der Waals surface area contributed by atoms with Gasteiger partial charge in [-0.25, -0.2) is 14.8 Å². The number of ether oxygens (including phenoxy) is 1. The molecule has 124 valence electrons. The van der Waals surface area contributed by atoms with Crippen LogP contribution in [0.3, 0.4) is 0 Å². The van der Waals surface area contributed by atoms with Gasteiger partial charge in [0.2, 0.25) is 0 Å². The number of esters is 1. The lowest BCUT2D eigenvalue weighted by atomic mass is 10.3. The first-order valence-electron chi connectivity index (χ1n) is 6.67. The summed E-state index contributed by atoms with van der Waals surface area (Å²) in [7, 11) is 0. The molecule has 9 heteroatoms. The minimum absolute atomic E-state index is 0.0207. The highest BCUT2D eigenvalue weighted by Gasteiger charge is 2.18. The zero-order valence-electron chi connectivity index (χ0n) is 12.0. The summed E-state index contributed by atoms with van der Waals surface area (Å²) in [4.78, 5) is 20.3. The number of carbonyl (C=O) groups is 1. The summed E-state index contributed by atoms with van der Waals surface area (Å²) in [5.74, 6) is -3.35. The average molecular weight is 384 g/mol. The van der Waals surface area contributed by atoms with E-state index >= 15 is 0 Å². The Labute approximate surface area is 148 Å². The predicted molar refractivity (Wildman–Crippen MR) is 90.6 cm³/mol. The highest BCUT2D eigenvalue weighted by atomic mass is 32.2. The van der Waals surface area contributed by atoms with Crippen LogP contribution in [-0.2, 0) is 11.3 Å². The quantitative estimate of drug-likeness (QED) is 0.445. The molecule has 0 amide bonds. The molecule has 0 radical (unpaired) electrons. The molecule has 0 spiro atoms.